The van der Waals surface area contributed by atoms with Crippen molar-refractivity contribution in [2.24, 2.45) is 11.8 Å². The molecule has 164 valence electrons. The van der Waals surface area contributed by atoms with E-state index in [0.29, 0.717) is 29.2 Å². The van der Waals surface area contributed by atoms with Gasteiger partial charge in [0.05, 0.1) is 24.1 Å². The van der Waals surface area contributed by atoms with E-state index >= 15 is 0 Å². The first kappa shape index (κ1) is 19.7. The number of hydrogen-bond donors (Lipinski definition) is 1. The molecule has 6 nitrogen and oxygen atoms in total. The lowest BCUT2D eigenvalue weighted by Crippen LogP contribution is -2.57. The molecule has 7 rings (SSSR count). The summed E-state index contributed by atoms with van der Waals surface area (Å²) in [5, 5.41) is 10.7. The molecule has 4 aliphatic rings. The van der Waals surface area contributed by atoms with Crippen LogP contribution < -0.4 is 9.64 Å². The maximum absolute atomic E-state index is 13.9. The Bertz CT molecular complexity index is 1280. The van der Waals surface area contributed by atoms with Crippen molar-refractivity contribution < 1.29 is 24.2 Å². The van der Waals surface area contributed by atoms with Crippen molar-refractivity contribution >= 4 is 23.5 Å². The fourth-order valence-electron chi connectivity index (χ4n) is 6.25. The van der Waals surface area contributed by atoms with Gasteiger partial charge < -0.3 is 9.84 Å². The SMILES string of the molecule is CCOc1ccc(N2C(=O)[C@H]3C4c5ccccc5C(C(=O)O)(c5ccccc54)[C@H]3C2=O)cc1. The van der Waals surface area contributed by atoms with Gasteiger partial charge >= 0.3 is 5.97 Å². The molecule has 0 aromatic heterocycles. The smallest absolute Gasteiger partial charge is 0.319 e. The zero-order valence-electron chi connectivity index (χ0n) is 17.9. The van der Waals surface area contributed by atoms with E-state index in [-0.39, 0.29) is 11.8 Å². The molecule has 3 aromatic rings. The Hall–Kier alpha value is -3.93. The predicted molar refractivity (Wildman–Crippen MR) is 120 cm³/mol. The van der Waals surface area contributed by atoms with Crippen LogP contribution in [0.5, 0.6) is 5.75 Å². The summed E-state index contributed by atoms with van der Waals surface area (Å²) in [6.45, 7) is 2.38. The summed E-state index contributed by atoms with van der Waals surface area (Å²) in [4.78, 5) is 42.0. The summed E-state index contributed by atoms with van der Waals surface area (Å²) in [5.41, 5.74) is 1.66. The number of hydrogen-bond acceptors (Lipinski definition) is 4. The summed E-state index contributed by atoms with van der Waals surface area (Å²) in [6.07, 6.45) is 0. The molecule has 3 aromatic carbocycles. The van der Waals surface area contributed by atoms with E-state index in [1.807, 2.05) is 31.2 Å². The molecular weight excluding hydrogens is 418 g/mol. The van der Waals surface area contributed by atoms with Crippen molar-refractivity contribution in [2.75, 3.05) is 11.5 Å². The van der Waals surface area contributed by atoms with E-state index < -0.39 is 29.1 Å². The van der Waals surface area contributed by atoms with Crippen LogP contribution in [0.2, 0.25) is 0 Å². The predicted octanol–water partition coefficient (Wildman–Crippen LogP) is 3.72. The molecule has 2 atom stereocenters. The first-order valence-electron chi connectivity index (χ1n) is 11.0. The van der Waals surface area contributed by atoms with Gasteiger partial charge in [-0.3, -0.25) is 14.4 Å². The van der Waals surface area contributed by atoms with Crippen molar-refractivity contribution in [1.82, 2.24) is 0 Å². The first-order chi connectivity index (χ1) is 16.0. The highest BCUT2D eigenvalue weighted by atomic mass is 16.5. The molecule has 1 heterocycles. The number of amides is 2. The molecule has 0 unspecified atom stereocenters. The number of aliphatic carboxylic acids is 1. The Balaban J connectivity index is 1.58. The lowest BCUT2D eigenvalue weighted by molar-refractivity contribution is -0.149. The van der Waals surface area contributed by atoms with Gasteiger partial charge in [0.25, 0.3) is 0 Å². The molecule has 0 spiro atoms. The number of carbonyl (C=O) groups excluding carboxylic acids is 2. The number of carbonyl (C=O) groups is 3. The van der Waals surface area contributed by atoms with E-state index in [4.69, 9.17) is 4.74 Å². The average molecular weight is 439 g/mol. The number of imide groups is 1. The fourth-order valence-corrected chi connectivity index (χ4v) is 6.25. The van der Waals surface area contributed by atoms with Crippen LogP contribution in [0.1, 0.15) is 35.1 Å². The van der Waals surface area contributed by atoms with E-state index in [9.17, 15) is 19.5 Å². The Morgan fingerprint density at radius 2 is 1.48 bits per heavy atom. The average Bonchev–Trinajstić information content (AvgIpc) is 3.10. The molecular formula is C27H21NO5. The molecule has 0 saturated carbocycles. The molecule has 2 amide bonds. The second-order valence-electron chi connectivity index (χ2n) is 8.71. The second kappa shape index (κ2) is 6.78. The van der Waals surface area contributed by atoms with Crippen molar-refractivity contribution in [3.8, 4) is 5.75 Å². The number of rotatable bonds is 4. The quantitative estimate of drug-likeness (QED) is 0.627. The van der Waals surface area contributed by atoms with E-state index in [1.54, 1.807) is 48.5 Å². The van der Waals surface area contributed by atoms with Gasteiger partial charge in [-0.1, -0.05) is 48.5 Å². The van der Waals surface area contributed by atoms with E-state index in [2.05, 4.69) is 0 Å². The summed E-state index contributed by atoms with van der Waals surface area (Å²) in [6, 6.07) is 21.5. The van der Waals surface area contributed by atoms with Gasteiger partial charge in [-0.2, -0.15) is 0 Å². The van der Waals surface area contributed by atoms with Gasteiger partial charge in [0.15, 0.2) is 0 Å². The van der Waals surface area contributed by atoms with Crippen molar-refractivity contribution in [3.05, 3.63) is 95.1 Å². The third kappa shape index (κ3) is 2.30. The Morgan fingerprint density at radius 3 is 2.03 bits per heavy atom. The number of anilines is 1. The van der Waals surface area contributed by atoms with Gasteiger partial charge in [-0.25, -0.2) is 4.90 Å². The van der Waals surface area contributed by atoms with Crippen molar-refractivity contribution in [3.63, 3.8) is 0 Å². The molecule has 1 saturated heterocycles. The minimum absolute atomic E-state index is 0.353. The molecule has 1 fully saturated rings. The lowest BCUT2D eigenvalue weighted by Gasteiger charge is -2.51. The van der Waals surface area contributed by atoms with Gasteiger partial charge in [0.2, 0.25) is 11.8 Å². The van der Waals surface area contributed by atoms with E-state index in [1.165, 1.54) is 4.90 Å². The third-order valence-electron chi connectivity index (χ3n) is 7.36. The maximum atomic E-state index is 13.9. The molecule has 1 aliphatic heterocycles. The van der Waals surface area contributed by atoms with Gasteiger partial charge in [0.1, 0.15) is 11.2 Å². The molecule has 0 radical (unpaired) electrons. The highest BCUT2D eigenvalue weighted by molar-refractivity contribution is 6.25. The highest BCUT2D eigenvalue weighted by Gasteiger charge is 2.71. The largest absolute Gasteiger partial charge is 0.494 e. The van der Waals surface area contributed by atoms with E-state index in [0.717, 1.165) is 11.1 Å². The maximum Gasteiger partial charge on any atom is 0.319 e. The van der Waals surface area contributed by atoms with Crippen LogP contribution in [0.3, 0.4) is 0 Å². The Kier molecular flexibility index (Phi) is 4.06. The minimum atomic E-state index is -1.61. The molecule has 2 bridgehead atoms. The third-order valence-corrected chi connectivity index (χ3v) is 7.36. The van der Waals surface area contributed by atoms with Gasteiger partial charge in [0, 0.05) is 5.92 Å². The molecule has 33 heavy (non-hydrogen) atoms. The van der Waals surface area contributed by atoms with Crippen LogP contribution in [-0.2, 0) is 19.8 Å². The summed E-state index contributed by atoms with van der Waals surface area (Å²) in [7, 11) is 0. The van der Waals surface area contributed by atoms with Crippen LogP contribution in [0, 0.1) is 11.8 Å². The highest BCUT2D eigenvalue weighted by Crippen LogP contribution is 2.64. The zero-order chi connectivity index (χ0) is 22.9. The molecule has 3 aliphatic carbocycles. The van der Waals surface area contributed by atoms with Crippen LogP contribution in [-0.4, -0.2) is 29.5 Å². The van der Waals surface area contributed by atoms with Crippen molar-refractivity contribution in [2.45, 2.75) is 18.3 Å². The Labute approximate surface area is 190 Å². The van der Waals surface area contributed by atoms with Crippen LogP contribution in [0.4, 0.5) is 5.69 Å². The summed E-state index contributed by atoms with van der Waals surface area (Å²) < 4.78 is 5.48. The Morgan fingerprint density at radius 1 is 0.909 bits per heavy atom. The number of ether oxygens (including phenoxy) is 1. The van der Waals surface area contributed by atoms with Crippen LogP contribution in [0.25, 0.3) is 0 Å². The summed E-state index contributed by atoms with van der Waals surface area (Å²) in [5.74, 6) is -3.44. The van der Waals surface area contributed by atoms with Gasteiger partial charge in [-0.15, -0.1) is 0 Å². The van der Waals surface area contributed by atoms with Gasteiger partial charge in [-0.05, 0) is 53.4 Å². The zero-order valence-corrected chi connectivity index (χ0v) is 17.9. The monoisotopic (exact) mass is 439 g/mol. The number of nitrogens with zero attached hydrogens (tertiary/aromatic N) is 1. The van der Waals surface area contributed by atoms with Crippen LogP contribution in [0.15, 0.2) is 72.8 Å². The molecule has 1 N–H and O–H groups in total. The second-order valence-corrected chi connectivity index (χ2v) is 8.71. The number of carboxylic acids is 1. The topological polar surface area (TPSA) is 83.9 Å². The first-order valence-corrected chi connectivity index (χ1v) is 11.0. The fraction of sp³-hybridized carbons (Fsp3) is 0.222. The summed E-state index contributed by atoms with van der Waals surface area (Å²) >= 11 is 0. The van der Waals surface area contributed by atoms with Crippen molar-refractivity contribution in [1.29, 1.82) is 0 Å². The molecule has 6 heteroatoms. The lowest BCUT2D eigenvalue weighted by atomic mass is 9.47. The normalized spacial score (nSPS) is 26.6. The minimum Gasteiger partial charge on any atom is -0.494 e. The number of benzene rings is 3. The number of carboxylic acid groups (broad SMARTS) is 1. The van der Waals surface area contributed by atoms with Crippen LogP contribution >= 0.6 is 0 Å². The standard InChI is InChI=1S/C27H21NO5/c1-2-33-16-13-11-15(12-14-16)28-24(29)22-21-17-7-3-5-9-19(17)27(26(31)32,23(22)25(28)30)20-10-6-4-8-18(20)21/h3-14,21-23H,2H2,1H3,(H,31,32)/t21?,22-,23+,27?/m0/s1.